The maximum Gasteiger partial charge on any atom is 0.225 e. The minimum Gasteiger partial charge on any atom is -0.337 e. The van der Waals surface area contributed by atoms with Gasteiger partial charge in [-0.1, -0.05) is 48.9 Å². The number of hydrogen-bond donors (Lipinski definition) is 0. The number of halogens is 1. The second-order valence-corrected chi connectivity index (χ2v) is 4.54. The summed E-state index contributed by atoms with van der Waals surface area (Å²) in [5.74, 6) is 0.727. The highest BCUT2D eigenvalue weighted by atomic mass is 35.5. The lowest BCUT2D eigenvalue weighted by Gasteiger charge is -2.21. The van der Waals surface area contributed by atoms with Crippen LogP contribution in [0.25, 0.3) is 0 Å². The summed E-state index contributed by atoms with van der Waals surface area (Å²) in [7, 11) is 0. The molecule has 1 aromatic carbocycles. The SMILES string of the molecule is CCCN(Cc1ccccc1)c1ncc(Cl)cn1. The highest BCUT2D eigenvalue weighted by molar-refractivity contribution is 6.30. The van der Waals surface area contributed by atoms with Crippen molar-refractivity contribution < 1.29 is 0 Å². The van der Waals surface area contributed by atoms with Crippen molar-refractivity contribution in [2.45, 2.75) is 19.9 Å². The Morgan fingerprint density at radius 1 is 1.11 bits per heavy atom. The van der Waals surface area contributed by atoms with E-state index < -0.39 is 0 Å². The molecule has 0 aliphatic carbocycles. The van der Waals surface area contributed by atoms with Gasteiger partial charge in [0.25, 0.3) is 0 Å². The van der Waals surface area contributed by atoms with E-state index in [2.05, 4.69) is 33.9 Å². The minimum atomic E-state index is 0.565. The second-order valence-electron chi connectivity index (χ2n) is 4.11. The molecule has 94 valence electrons. The Bertz CT molecular complexity index is 470. The average Bonchev–Trinajstić information content (AvgIpc) is 2.40. The third-order valence-electron chi connectivity index (χ3n) is 2.60. The van der Waals surface area contributed by atoms with Crippen LogP contribution in [0.3, 0.4) is 0 Å². The Morgan fingerprint density at radius 2 is 1.78 bits per heavy atom. The molecule has 18 heavy (non-hydrogen) atoms. The van der Waals surface area contributed by atoms with Crippen LogP contribution in [0.5, 0.6) is 0 Å². The van der Waals surface area contributed by atoms with E-state index in [1.165, 1.54) is 5.56 Å². The lowest BCUT2D eigenvalue weighted by Crippen LogP contribution is -2.25. The molecule has 0 saturated carbocycles. The highest BCUT2D eigenvalue weighted by Gasteiger charge is 2.08. The zero-order valence-corrected chi connectivity index (χ0v) is 11.1. The first-order valence-corrected chi connectivity index (χ1v) is 6.44. The van der Waals surface area contributed by atoms with E-state index >= 15 is 0 Å². The Labute approximate surface area is 112 Å². The van der Waals surface area contributed by atoms with Crippen LogP contribution in [0.15, 0.2) is 42.7 Å². The van der Waals surface area contributed by atoms with Gasteiger partial charge in [-0.05, 0) is 12.0 Å². The van der Waals surface area contributed by atoms with E-state index in [-0.39, 0.29) is 0 Å². The van der Waals surface area contributed by atoms with Gasteiger partial charge in [-0.15, -0.1) is 0 Å². The summed E-state index contributed by atoms with van der Waals surface area (Å²) >= 11 is 5.81. The molecule has 0 spiro atoms. The summed E-state index contributed by atoms with van der Waals surface area (Å²) in [6.45, 7) is 3.89. The standard InChI is InChI=1S/C14H16ClN3/c1-2-8-18(11-12-6-4-3-5-7-12)14-16-9-13(15)10-17-14/h3-7,9-10H,2,8,11H2,1H3. The molecule has 0 unspecified atom stereocenters. The zero-order valence-electron chi connectivity index (χ0n) is 10.4. The van der Waals surface area contributed by atoms with Crippen molar-refractivity contribution in [3.63, 3.8) is 0 Å². The molecular weight excluding hydrogens is 246 g/mol. The lowest BCUT2D eigenvalue weighted by atomic mass is 10.2. The number of aromatic nitrogens is 2. The minimum absolute atomic E-state index is 0.565. The topological polar surface area (TPSA) is 29.0 Å². The lowest BCUT2D eigenvalue weighted by molar-refractivity contribution is 0.739. The van der Waals surface area contributed by atoms with Gasteiger partial charge in [0, 0.05) is 13.1 Å². The van der Waals surface area contributed by atoms with Crippen LogP contribution in [0.2, 0.25) is 5.02 Å². The predicted octanol–water partition coefficient (Wildman–Crippen LogP) is 3.55. The van der Waals surface area contributed by atoms with Crippen LogP contribution in [-0.2, 0) is 6.54 Å². The van der Waals surface area contributed by atoms with Crippen molar-refractivity contribution in [2.24, 2.45) is 0 Å². The molecule has 4 heteroatoms. The molecule has 0 radical (unpaired) electrons. The van der Waals surface area contributed by atoms with Gasteiger partial charge >= 0.3 is 0 Å². The molecule has 0 fully saturated rings. The molecule has 2 aromatic rings. The fraction of sp³-hybridized carbons (Fsp3) is 0.286. The summed E-state index contributed by atoms with van der Waals surface area (Å²) in [6.07, 6.45) is 4.33. The third kappa shape index (κ3) is 3.44. The number of rotatable bonds is 5. The smallest absolute Gasteiger partial charge is 0.225 e. The second kappa shape index (κ2) is 6.36. The van der Waals surface area contributed by atoms with Gasteiger partial charge in [-0.25, -0.2) is 9.97 Å². The Kier molecular flexibility index (Phi) is 4.53. The average molecular weight is 262 g/mol. The van der Waals surface area contributed by atoms with Crippen molar-refractivity contribution in [1.82, 2.24) is 9.97 Å². The monoisotopic (exact) mass is 261 g/mol. The summed E-state index contributed by atoms with van der Waals surface area (Å²) < 4.78 is 0. The van der Waals surface area contributed by atoms with Crippen LogP contribution in [0.4, 0.5) is 5.95 Å². The Morgan fingerprint density at radius 3 is 2.39 bits per heavy atom. The van der Waals surface area contributed by atoms with Crippen molar-refractivity contribution >= 4 is 17.5 Å². The molecule has 0 saturated heterocycles. The van der Waals surface area contributed by atoms with Crippen molar-refractivity contribution in [2.75, 3.05) is 11.4 Å². The van der Waals surface area contributed by atoms with Crippen molar-refractivity contribution in [3.8, 4) is 0 Å². The van der Waals surface area contributed by atoms with Gasteiger partial charge in [0.1, 0.15) is 0 Å². The Balaban J connectivity index is 2.15. The number of hydrogen-bond acceptors (Lipinski definition) is 3. The summed E-state index contributed by atoms with van der Waals surface area (Å²) in [4.78, 5) is 10.7. The van der Waals surface area contributed by atoms with E-state index in [1.807, 2.05) is 18.2 Å². The number of anilines is 1. The molecule has 0 amide bonds. The first-order valence-electron chi connectivity index (χ1n) is 6.06. The molecule has 1 aromatic heterocycles. The first-order chi connectivity index (χ1) is 8.79. The molecule has 0 aliphatic rings. The van der Waals surface area contributed by atoms with Gasteiger partial charge < -0.3 is 4.90 Å². The molecule has 2 rings (SSSR count). The van der Waals surface area contributed by atoms with Crippen LogP contribution >= 0.6 is 11.6 Å². The summed E-state index contributed by atoms with van der Waals surface area (Å²) in [5, 5.41) is 0.565. The summed E-state index contributed by atoms with van der Waals surface area (Å²) in [5.41, 5.74) is 1.25. The number of benzene rings is 1. The zero-order chi connectivity index (χ0) is 12.8. The fourth-order valence-electron chi connectivity index (χ4n) is 1.79. The normalized spacial score (nSPS) is 10.3. The third-order valence-corrected chi connectivity index (χ3v) is 2.79. The van der Waals surface area contributed by atoms with Crippen molar-refractivity contribution in [3.05, 3.63) is 53.3 Å². The molecule has 0 N–H and O–H groups in total. The first kappa shape index (κ1) is 12.8. The van der Waals surface area contributed by atoms with Gasteiger partial charge in [0.2, 0.25) is 5.95 Å². The van der Waals surface area contributed by atoms with Gasteiger partial charge in [-0.3, -0.25) is 0 Å². The van der Waals surface area contributed by atoms with Gasteiger partial charge in [0.05, 0.1) is 17.4 Å². The van der Waals surface area contributed by atoms with Crippen LogP contribution in [-0.4, -0.2) is 16.5 Å². The summed E-state index contributed by atoms with van der Waals surface area (Å²) in [6, 6.07) is 10.3. The predicted molar refractivity (Wildman–Crippen MR) is 74.8 cm³/mol. The van der Waals surface area contributed by atoms with E-state index in [9.17, 15) is 0 Å². The van der Waals surface area contributed by atoms with Gasteiger partial charge in [0.15, 0.2) is 0 Å². The van der Waals surface area contributed by atoms with E-state index in [4.69, 9.17) is 11.6 Å². The molecule has 1 heterocycles. The van der Waals surface area contributed by atoms with Crippen LogP contribution in [0, 0.1) is 0 Å². The van der Waals surface area contributed by atoms with Crippen LogP contribution < -0.4 is 4.90 Å². The quantitative estimate of drug-likeness (QED) is 0.824. The number of nitrogens with zero attached hydrogens (tertiary/aromatic N) is 3. The van der Waals surface area contributed by atoms with E-state index in [0.29, 0.717) is 5.02 Å². The maximum atomic E-state index is 5.81. The van der Waals surface area contributed by atoms with Crippen molar-refractivity contribution in [1.29, 1.82) is 0 Å². The van der Waals surface area contributed by atoms with E-state index in [1.54, 1.807) is 12.4 Å². The highest BCUT2D eigenvalue weighted by Crippen LogP contribution is 2.14. The fourth-order valence-corrected chi connectivity index (χ4v) is 1.89. The van der Waals surface area contributed by atoms with Gasteiger partial charge in [-0.2, -0.15) is 0 Å². The van der Waals surface area contributed by atoms with E-state index in [0.717, 1.165) is 25.5 Å². The molecule has 3 nitrogen and oxygen atoms in total. The molecule has 0 atom stereocenters. The Hall–Kier alpha value is -1.61. The molecule has 0 aliphatic heterocycles. The molecular formula is C14H16ClN3. The largest absolute Gasteiger partial charge is 0.337 e. The van der Waals surface area contributed by atoms with Crippen LogP contribution in [0.1, 0.15) is 18.9 Å². The maximum absolute atomic E-state index is 5.81. The molecule has 0 bridgehead atoms.